The van der Waals surface area contributed by atoms with Crippen molar-refractivity contribution in [1.82, 2.24) is 4.98 Å². The average molecular weight is 291 g/mol. The fourth-order valence-electron chi connectivity index (χ4n) is 1.80. The molecule has 18 heavy (non-hydrogen) atoms. The molecular formula is C9H11ClN4O3S. The van der Waals surface area contributed by atoms with Gasteiger partial charge < -0.3 is 10.6 Å². The van der Waals surface area contributed by atoms with Crippen molar-refractivity contribution in [1.29, 1.82) is 0 Å². The lowest BCUT2D eigenvalue weighted by molar-refractivity contribution is -0.117. The molecule has 1 amide bonds. The Labute approximate surface area is 109 Å². The van der Waals surface area contributed by atoms with Crippen molar-refractivity contribution in [3.05, 3.63) is 17.3 Å². The van der Waals surface area contributed by atoms with Gasteiger partial charge >= 0.3 is 0 Å². The first-order valence-electron chi connectivity index (χ1n) is 5.03. The summed E-state index contributed by atoms with van der Waals surface area (Å²) in [6, 6.07) is 3.00. The highest BCUT2D eigenvalue weighted by molar-refractivity contribution is 7.89. The number of rotatable bonds is 2. The molecule has 1 fully saturated rings. The first-order valence-corrected chi connectivity index (χ1v) is 7.02. The first-order chi connectivity index (χ1) is 8.29. The molecule has 1 atom stereocenters. The van der Waals surface area contributed by atoms with Gasteiger partial charge in [0.1, 0.15) is 16.2 Å². The van der Waals surface area contributed by atoms with Gasteiger partial charge in [0.25, 0.3) is 0 Å². The molecule has 98 valence electrons. The highest BCUT2D eigenvalue weighted by Gasteiger charge is 2.37. The third kappa shape index (κ3) is 2.40. The fourth-order valence-corrected chi connectivity index (χ4v) is 2.68. The lowest BCUT2D eigenvalue weighted by Crippen LogP contribution is -2.32. The first kappa shape index (κ1) is 13.1. The Bertz CT molecular complexity index is 604. The van der Waals surface area contributed by atoms with E-state index in [9.17, 15) is 13.2 Å². The summed E-state index contributed by atoms with van der Waals surface area (Å²) in [5.74, 6) is -0.282. The van der Waals surface area contributed by atoms with Crippen LogP contribution in [0, 0.1) is 0 Å². The maximum atomic E-state index is 11.8. The van der Waals surface area contributed by atoms with Crippen LogP contribution in [0.4, 0.5) is 11.5 Å². The van der Waals surface area contributed by atoms with Gasteiger partial charge in [-0.3, -0.25) is 4.79 Å². The minimum absolute atomic E-state index is 0.0226. The molecule has 1 unspecified atom stereocenters. The number of aromatic nitrogens is 1. The molecule has 2 heterocycles. The largest absolute Gasteiger partial charge is 0.382 e. The smallest absolute Gasteiger partial charge is 0.228 e. The van der Waals surface area contributed by atoms with E-state index in [4.69, 9.17) is 22.5 Å². The van der Waals surface area contributed by atoms with Crippen LogP contribution in [0.5, 0.6) is 0 Å². The van der Waals surface area contributed by atoms with Crippen LogP contribution in [-0.2, 0) is 14.8 Å². The van der Waals surface area contributed by atoms with Crippen LogP contribution in [0.2, 0.25) is 5.15 Å². The number of anilines is 2. The number of hydrogen-bond donors (Lipinski definition) is 2. The normalized spacial score (nSPS) is 20.4. The van der Waals surface area contributed by atoms with Crippen LogP contribution in [0.15, 0.2) is 12.1 Å². The second-order valence-corrected chi connectivity index (χ2v) is 6.19. The van der Waals surface area contributed by atoms with Gasteiger partial charge in [-0.15, -0.1) is 0 Å². The van der Waals surface area contributed by atoms with Gasteiger partial charge in [-0.2, -0.15) is 0 Å². The summed E-state index contributed by atoms with van der Waals surface area (Å²) in [5, 5.41) is 4.31. The number of nitrogens with zero attached hydrogens (tertiary/aromatic N) is 2. The van der Waals surface area contributed by atoms with Crippen LogP contribution in [-0.4, -0.2) is 31.1 Å². The van der Waals surface area contributed by atoms with E-state index in [-0.39, 0.29) is 29.8 Å². The van der Waals surface area contributed by atoms with Crippen molar-refractivity contribution in [3.8, 4) is 0 Å². The molecular weight excluding hydrogens is 280 g/mol. The second-order valence-electron chi connectivity index (χ2n) is 3.96. The van der Waals surface area contributed by atoms with Gasteiger partial charge in [-0.1, -0.05) is 11.6 Å². The molecule has 0 saturated carbocycles. The number of primary sulfonamides is 1. The van der Waals surface area contributed by atoms with E-state index in [2.05, 4.69) is 4.98 Å². The number of nitrogens with two attached hydrogens (primary N) is 2. The summed E-state index contributed by atoms with van der Waals surface area (Å²) >= 11 is 5.65. The van der Waals surface area contributed by atoms with Crippen LogP contribution in [0.25, 0.3) is 0 Å². The molecule has 0 spiro atoms. The van der Waals surface area contributed by atoms with Gasteiger partial charge in [0.05, 0.1) is 5.69 Å². The van der Waals surface area contributed by atoms with Crippen molar-refractivity contribution in [2.75, 3.05) is 17.2 Å². The molecule has 4 N–H and O–H groups in total. The molecule has 0 bridgehead atoms. The van der Waals surface area contributed by atoms with Gasteiger partial charge in [0.15, 0.2) is 0 Å². The number of sulfonamides is 1. The Balaban J connectivity index is 2.33. The molecule has 0 radical (unpaired) electrons. The van der Waals surface area contributed by atoms with E-state index in [1.807, 2.05) is 0 Å². The minimum atomic E-state index is -3.75. The number of halogens is 1. The zero-order valence-electron chi connectivity index (χ0n) is 9.21. The Morgan fingerprint density at radius 1 is 1.44 bits per heavy atom. The van der Waals surface area contributed by atoms with E-state index in [1.54, 1.807) is 0 Å². The third-order valence-corrected chi connectivity index (χ3v) is 4.17. The topological polar surface area (TPSA) is 119 Å². The number of pyridine rings is 1. The molecule has 0 aliphatic carbocycles. The summed E-state index contributed by atoms with van der Waals surface area (Å²) in [6.45, 7) is -0.0226. The second kappa shape index (κ2) is 4.38. The van der Waals surface area contributed by atoms with Crippen LogP contribution >= 0.6 is 11.6 Å². The summed E-state index contributed by atoms with van der Waals surface area (Å²) in [5.41, 5.74) is 5.99. The van der Waals surface area contributed by atoms with Crippen LogP contribution < -0.4 is 15.8 Å². The van der Waals surface area contributed by atoms with E-state index in [0.717, 1.165) is 0 Å². The number of hydrogen-bond acceptors (Lipinski definition) is 5. The number of amides is 1. The SMILES string of the molecule is Nc1nc(Cl)ccc1N1CC(S(N)(=O)=O)CC1=O. The zero-order chi connectivity index (χ0) is 13.5. The summed E-state index contributed by atoms with van der Waals surface area (Å²) in [7, 11) is -3.75. The van der Waals surface area contributed by atoms with Crippen LogP contribution in [0.3, 0.4) is 0 Å². The van der Waals surface area contributed by atoms with E-state index >= 15 is 0 Å². The van der Waals surface area contributed by atoms with Crippen molar-refractivity contribution in [3.63, 3.8) is 0 Å². The van der Waals surface area contributed by atoms with E-state index < -0.39 is 15.3 Å². The number of carbonyl (C=O) groups excluding carboxylic acids is 1. The van der Waals surface area contributed by atoms with Gasteiger partial charge in [-0.25, -0.2) is 18.5 Å². The molecule has 7 nitrogen and oxygen atoms in total. The summed E-state index contributed by atoms with van der Waals surface area (Å²) in [4.78, 5) is 16.8. The lowest BCUT2D eigenvalue weighted by Gasteiger charge is -2.17. The van der Waals surface area contributed by atoms with Gasteiger partial charge in [0, 0.05) is 13.0 Å². The zero-order valence-corrected chi connectivity index (χ0v) is 10.8. The molecule has 2 rings (SSSR count). The Morgan fingerprint density at radius 3 is 2.61 bits per heavy atom. The predicted molar refractivity (Wildman–Crippen MR) is 67.5 cm³/mol. The average Bonchev–Trinajstić information content (AvgIpc) is 2.60. The van der Waals surface area contributed by atoms with E-state index in [1.165, 1.54) is 17.0 Å². The molecule has 1 aliphatic rings. The minimum Gasteiger partial charge on any atom is -0.382 e. The van der Waals surface area contributed by atoms with Crippen molar-refractivity contribution < 1.29 is 13.2 Å². The summed E-state index contributed by atoms with van der Waals surface area (Å²) in [6.07, 6.45) is -0.152. The van der Waals surface area contributed by atoms with E-state index in [0.29, 0.717) is 5.69 Å². The molecule has 1 aliphatic heterocycles. The van der Waals surface area contributed by atoms with Crippen LogP contribution in [0.1, 0.15) is 6.42 Å². The Hall–Kier alpha value is -1.38. The predicted octanol–water partition coefficient (Wildman–Crippen LogP) is -0.289. The highest BCUT2D eigenvalue weighted by Crippen LogP contribution is 2.28. The summed E-state index contributed by atoms with van der Waals surface area (Å²) < 4.78 is 22.5. The number of nitrogen functional groups attached to an aromatic ring is 1. The van der Waals surface area contributed by atoms with Gasteiger partial charge in [-0.05, 0) is 12.1 Å². The number of carbonyl (C=O) groups is 1. The molecule has 1 saturated heterocycles. The fraction of sp³-hybridized carbons (Fsp3) is 0.333. The van der Waals surface area contributed by atoms with Crippen molar-refractivity contribution >= 4 is 39.0 Å². The Morgan fingerprint density at radius 2 is 2.11 bits per heavy atom. The molecule has 1 aromatic rings. The maximum Gasteiger partial charge on any atom is 0.228 e. The lowest BCUT2D eigenvalue weighted by atomic mass is 10.3. The molecule has 9 heteroatoms. The molecule has 1 aromatic heterocycles. The standard InChI is InChI=1S/C9H11ClN4O3S/c10-7-2-1-6(9(11)13-7)14-4-5(3-8(14)15)18(12,16)17/h1-2,5H,3-4H2,(H2,11,13)(H2,12,16,17). The monoisotopic (exact) mass is 290 g/mol. The van der Waals surface area contributed by atoms with Crippen molar-refractivity contribution in [2.24, 2.45) is 5.14 Å². The Kier molecular flexibility index (Phi) is 3.18. The highest BCUT2D eigenvalue weighted by atomic mass is 35.5. The molecule has 0 aromatic carbocycles. The van der Waals surface area contributed by atoms with Crippen molar-refractivity contribution in [2.45, 2.75) is 11.7 Å². The quantitative estimate of drug-likeness (QED) is 0.725. The third-order valence-electron chi connectivity index (χ3n) is 2.71. The maximum absolute atomic E-state index is 11.8. The van der Waals surface area contributed by atoms with Gasteiger partial charge in [0.2, 0.25) is 15.9 Å².